The van der Waals surface area contributed by atoms with Crippen molar-refractivity contribution in [3.63, 3.8) is 0 Å². The summed E-state index contributed by atoms with van der Waals surface area (Å²) in [7, 11) is 3.43. The van der Waals surface area contributed by atoms with Gasteiger partial charge in [-0.1, -0.05) is 42.7 Å². The Hall–Kier alpha value is -2.04. The summed E-state index contributed by atoms with van der Waals surface area (Å²) in [5, 5.41) is 11.5. The van der Waals surface area contributed by atoms with Gasteiger partial charge in [0.25, 0.3) is 0 Å². The number of benzene rings is 2. The van der Waals surface area contributed by atoms with Crippen molar-refractivity contribution in [1.82, 2.24) is 4.90 Å². The van der Waals surface area contributed by atoms with Crippen LogP contribution in [0.2, 0.25) is 0 Å². The maximum atomic E-state index is 11.5. The topological polar surface area (TPSA) is 41.9 Å². The maximum Gasteiger partial charge on any atom is 0.123 e. The summed E-state index contributed by atoms with van der Waals surface area (Å²) in [6.45, 7) is 3.88. The normalized spacial score (nSPS) is 27.3. The molecule has 2 aromatic rings. The minimum absolute atomic E-state index is 0.111. The van der Waals surface area contributed by atoms with E-state index in [9.17, 15) is 5.11 Å². The van der Waals surface area contributed by atoms with E-state index in [1.807, 2.05) is 12.1 Å². The van der Waals surface area contributed by atoms with Gasteiger partial charge in [0.05, 0.1) is 19.8 Å². The second-order valence-corrected chi connectivity index (χ2v) is 8.71. The van der Waals surface area contributed by atoms with Crippen LogP contribution in [-0.4, -0.2) is 36.4 Å². The van der Waals surface area contributed by atoms with Crippen LogP contribution in [0.3, 0.4) is 0 Å². The Balaban J connectivity index is 1.75. The van der Waals surface area contributed by atoms with Crippen LogP contribution < -0.4 is 9.47 Å². The van der Waals surface area contributed by atoms with E-state index >= 15 is 0 Å². The second kappa shape index (κ2) is 8.37. The summed E-state index contributed by atoms with van der Waals surface area (Å²) < 4.78 is 11.3. The van der Waals surface area contributed by atoms with Crippen molar-refractivity contribution in [3.8, 4) is 11.5 Å². The number of fused-ring (bicyclic) bond motifs is 1. The van der Waals surface area contributed by atoms with E-state index in [-0.39, 0.29) is 12.0 Å². The lowest BCUT2D eigenvalue weighted by Crippen LogP contribution is -2.54. The number of rotatable bonds is 5. The van der Waals surface area contributed by atoms with Gasteiger partial charge in [-0.2, -0.15) is 0 Å². The van der Waals surface area contributed by atoms with Crippen molar-refractivity contribution < 1.29 is 14.6 Å². The fourth-order valence-electron chi connectivity index (χ4n) is 5.33. The molecule has 0 radical (unpaired) electrons. The molecule has 2 fully saturated rings. The summed E-state index contributed by atoms with van der Waals surface area (Å²) in [5.74, 6) is 1.91. The van der Waals surface area contributed by atoms with Crippen LogP contribution in [0.25, 0.3) is 0 Å². The van der Waals surface area contributed by atoms with Gasteiger partial charge < -0.3 is 14.6 Å². The van der Waals surface area contributed by atoms with E-state index in [0.29, 0.717) is 0 Å². The van der Waals surface area contributed by atoms with Crippen LogP contribution in [0.1, 0.15) is 54.8 Å². The minimum Gasteiger partial charge on any atom is -0.497 e. The Morgan fingerprint density at radius 3 is 2.55 bits per heavy atom. The van der Waals surface area contributed by atoms with Gasteiger partial charge >= 0.3 is 0 Å². The molecule has 0 aromatic heterocycles. The molecule has 0 spiro atoms. The molecule has 0 unspecified atom stereocenters. The summed E-state index contributed by atoms with van der Waals surface area (Å²) in [5.41, 5.74) is 3.13. The molecule has 1 N–H and O–H groups in total. The Morgan fingerprint density at radius 2 is 1.83 bits per heavy atom. The zero-order valence-electron chi connectivity index (χ0n) is 17.9. The molecule has 2 aliphatic rings. The highest BCUT2D eigenvalue weighted by Crippen LogP contribution is 2.51. The number of hydrogen-bond donors (Lipinski definition) is 1. The van der Waals surface area contributed by atoms with Crippen LogP contribution in [0, 0.1) is 12.8 Å². The number of ether oxygens (including phenoxy) is 2. The number of piperidine rings is 1. The zero-order valence-corrected chi connectivity index (χ0v) is 17.9. The number of nitrogens with zero attached hydrogens (tertiary/aromatic N) is 1. The molecule has 3 atom stereocenters. The highest BCUT2D eigenvalue weighted by molar-refractivity contribution is 5.43. The Labute approximate surface area is 174 Å². The van der Waals surface area contributed by atoms with E-state index in [2.05, 4.69) is 42.2 Å². The zero-order chi connectivity index (χ0) is 20.4. The van der Waals surface area contributed by atoms with E-state index in [1.54, 1.807) is 14.2 Å². The highest BCUT2D eigenvalue weighted by Gasteiger charge is 2.49. The molecule has 1 saturated heterocycles. The van der Waals surface area contributed by atoms with Gasteiger partial charge in [0.15, 0.2) is 0 Å². The lowest BCUT2D eigenvalue weighted by Gasteiger charge is -2.53. The van der Waals surface area contributed by atoms with Crippen molar-refractivity contribution in [2.75, 3.05) is 20.8 Å². The molecule has 1 heterocycles. The van der Waals surface area contributed by atoms with Crippen molar-refractivity contribution in [2.45, 2.75) is 57.2 Å². The largest absolute Gasteiger partial charge is 0.497 e. The lowest BCUT2D eigenvalue weighted by molar-refractivity contribution is -0.126. The molecule has 2 aromatic carbocycles. The van der Waals surface area contributed by atoms with Gasteiger partial charge in [0, 0.05) is 30.6 Å². The molecule has 29 heavy (non-hydrogen) atoms. The third kappa shape index (κ3) is 4.01. The molecular weight excluding hydrogens is 362 g/mol. The smallest absolute Gasteiger partial charge is 0.123 e. The van der Waals surface area contributed by atoms with Gasteiger partial charge in [-0.3, -0.25) is 4.90 Å². The monoisotopic (exact) mass is 395 g/mol. The first-order chi connectivity index (χ1) is 14.0. The van der Waals surface area contributed by atoms with Crippen LogP contribution in [0.5, 0.6) is 11.5 Å². The third-order valence-electron chi connectivity index (χ3n) is 6.93. The summed E-state index contributed by atoms with van der Waals surface area (Å²) >= 11 is 0. The van der Waals surface area contributed by atoms with E-state index in [0.717, 1.165) is 55.8 Å². The number of hydrogen-bond acceptors (Lipinski definition) is 4. The number of methoxy groups -OCH3 is 2. The van der Waals surface area contributed by atoms with Gasteiger partial charge in [-0.15, -0.1) is 0 Å². The average Bonchev–Trinajstić information content (AvgIpc) is 2.74. The fraction of sp³-hybridized carbons (Fsp3) is 0.520. The van der Waals surface area contributed by atoms with Crippen molar-refractivity contribution in [2.24, 2.45) is 5.92 Å². The quantitative estimate of drug-likeness (QED) is 0.783. The first-order valence-electron chi connectivity index (χ1n) is 10.8. The standard InChI is InChI=1S/C25H33NO3/c1-18-7-9-19(10-8-18)17-26-15-14-25(27)13-5-4-6-22(25)24(26)21-16-20(28-2)11-12-23(21)29-3/h7-12,16,22,24,27H,4-6,13-15,17H2,1-3H3/t22-,24-,25+/m1/s1. The van der Waals surface area contributed by atoms with Gasteiger partial charge in [0.2, 0.25) is 0 Å². The first-order valence-corrected chi connectivity index (χ1v) is 10.8. The van der Waals surface area contributed by atoms with Gasteiger partial charge in [-0.05, 0) is 49.9 Å². The molecule has 4 rings (SSSR count). The van der Waals surface area contributed by atoms with Crippen molar-refractivity contribution in [3.05, 3.63) is 59.2 Å². The number of likely N-dealkylation sites (tertiary alicyclic amines) is 1. The predicted molar refractivity (Wildman–Crippen MR) is 115 cm³/mol. The highest BCUT2D eigenvalue weighted by atomic mass is 16.5. The van der Waals surface area contributed by atoms with E-state index < -0.39 is 5.60 Å². The van der Waals surface area contributed by atoms with Gasteiger partial charge in [-0.25, -0.2) is 0 Å². The van der Waals surface area contributed by atoms with Crippen LogP contribution in [-0.2, 0) is 6.54 Å². The van der Waals surface area contributed by atoms with Gasteiger partial charge in [0.1, 0.15) is 11.5 Å². The van der Waals surface area contributed by atoms with Crippen LogP contribution >= 0.6 is 0 Å². The number of aryl methyl sites for hydroxylation is 1. The second-order valence-electron chi connectivity index (χ2n) is 8.71. The minimum atomic E-state index is -0.583. The van der Waals surface area contributed by atoms with E-state index in [1.165, 1.54) is 17.5 Å². The molecule has 4 heteroatoms. The maximum absolute atomic E-state index is 11.5. The predicted octanol–water partition coefficient (Wildman–Crippen LogP) is 4.88. The SMILES string of the molecule is COc1ccc(OC)c([C@@H]2[C@H]3CCCC[C@]3(O)CCN2Cc2ccc(C)cc2)c1. The summed E-state index contributed by atoms with van der Waals surface area (Å²) in [6, 6.07) is 15.0. The number of aliphatic hydroxyl groups is 1. The van der Waals surface area contributed by atoms with E-state index in [4.69, 9.17) is 9.47 Å². The average molecular weight is 396 g/mol. The lowest BCUT2D eigenvalue weighted by atomic mass is 9.66. The Kier molecular flexibility index (Phi) is 5.84. The summed E-state index contributed by atoms with van der Waals surface area (Å²) in [6.07, 6.45) is 5.08. The molecule has 1 aliphatic carbocycles. The van der Waals surface area contributed by atoms with Crippen LogP contribution in [0.4, 0.5) is 0 Å². The molecular formula is C25H33NO3. The molecule has 1 aliphatic heterocycles. The van der Waals surface area contributed by atoms with Crippen molar-refractivity contribution >= 4 is 0 Å². The molecule has 4 nitrogen and oxygen atoms in total. The first kappa shape index (κ1) is 20.2. The summed E-state index contributed by atoms with van der Waals surface area (Å²) in [4.78, 5) is 2.53. The molecule has 0 bridgehead atoms. The van der Waals surface area contributed by atoms with Crippen LogP contribution in [0.15, 0.2) is 42.5 Å². The Bertz CT molecular complexity index is 834. The van der Waals surface area contributed by atoms with Crippen molar-refractivity contribution in [1.29, 1.82) is 0 Å². The Morgan fingerprint density at radius 1 is 1.03 bits per heavy atom. The molecule has 1 saturated carbocycles. The third-order valence-corrected chi connectivity index (χ3v) is 6.93. The molecule has 156 valence electrons. The molecule has 0 amide bonds. The fourth-order valence-corrected chi connectivity index (χ4v) is 5.33.